The Bertz CT molecular complexity index is 963. The molecule has 0 aliphatic carbocycles. The van der Waals surface area contributed by atoms with Crippen molar-refractivity contribution in [1.82, 2.24) is 14.9 Å². The standard InChI is InChI=1S/C18H19N3O3S/c1-13-7-9-15(10-8-13)18-21-20-17(24-18)11-19-25(22,23)12-16-6-4-3-5-14(16)2/h3-10,19H,11-12H2,1-2H3. The van der Waals surface area contributed by atoms with Gasteiger partial charge < -0.3 is 4.42 Å². The fourth-order valence-corrected chi connectivity index (χ4v) is 3.52. The predicted octanol–water partition coefficient (Wildman–Crippen LogP) is 2.97. The second-order valence-corrected chi connectivity index (χ2v) is 7.68. The average Bonchev–Trinajstić information content (AvgIpc) is 3.05. The van der Waals surface area contributed by atoms with Crippen molar-refractivity contribution in [2.75, 3.05) is 0 Å². The fraction of sp³-hybridized carbons (Fsp3) is 0.222. The Morgan fingerprint density at radius 1 is 1.00 bits per heavy atom. The number of rotatable bonds is 6. The highest BCUT2D eigenvalue weighted by atomic mass is 32.2. The number of hydrogen-bond acceptors (Lipinski definition) is 5. The largest absolute Gasteiger partial charge is 0.419 e. The Labute approximate surface area is 147 Å². The van der Waals surface area contributed by atoms with Crippen molar-refractivity contribution >= 4 is 10.0 Å². The zero-order valence-electron chi connectivity index (χ0n) is 14.1. The van der Waals surface area contributed by atoms with Crippen LogP contribution in [0.2, 0.25) is 0 Å². The van der Waals surface area contributed by atoms with Crippen LogP contribution < -0.4 is 4.72 Å². The summed E-state index contributed by atoms with van der Waals surface area (Å²) in [6.07, 6.45) is 0. The maximum absolute atomic E-state index is 12.2. The molecule has 0 fully saturated rings. The van der Waals surface area contributed by atoms with Crippen LogP contribution in [-0.2, 0) is 22.3 Å². The topological polar surface area (TPSA) is 85.1 Å². The molecule has 130 valence electrons. The summed E-state index contributed by atoms with van der Waals surface area (Å²) >= 11 is 0. The third-order valence-corrected chi connectivity index (χ3v) is 5.09. The van der Waals surface area contributed by atoms with E-state index in [9.17, 15) is 8.42 Å². The minimum atomic E-state index is -3.49. The van der Waals surface area contributed by atoms with Gasteiger partial charge in [0.25, 0.3) is 0 Å². The monoisotopic (exact) mass is 357 g/mol. The number of benzene rings is 2. The van der Waals surface area contributed by atoms with E-state index in [1.807, 2.05) is 56.3 Å². The Morgan fingerprint density at radius 2 is 1.72 bits per heavy atom. The molecule has 0 aliphatic heterocycles. The minimum Gasteiger partial charge on any atom is -0.419 e. The SMILES string of the molecule is Cc1ccc(-c2nnc(CNS(=O)(=O)Cc3ccccc3C)o2)cc1. The van der Waals surface area contributed by atoms with Gasteiger partial charge in [0.05, 0.1) is 12.3 Å². The summed E-state index contributed by atoms with van der Waals surface area (Å²) in [5.74, 6) is 0.510. The molecule has 1 N–H and O–H groups in total. The fourth-order valence-electron chi connectivity index (χ4n) is 2.34. The molecule has 0 spiro atoms. The summed E-state index contributed by atoms with van der Waals surface area (Å²) in [5.41, 5.74) is 3.63. The normalized spacial score (nSPS) is 11.6. The van der Waals surface area contributed by atoms with Gasteiger partial charge in [0.1, 0.15) is 0 Å². The number of nitrogens with one attached hydrogen (secondary N) is 1. The lowest BCUT2D eigenvalue weighted by Gasteiger charge is -2.07. The lowest BCUT2D eigenvalue weighted by atomic mass is 10.1. The first kappa shape index (κ1) is 17.3. The molecular formula is C18H19N3O3S. The maximum atomic E-state index is 12.2. The number of hydrogen-bond donors (Lipinski definition) is 1. The first-order valence-corrected chi connectivity index (χ1v) is 9.49. The van der Waals surface area contributed by atoms with Gasteiger partial charge in [-0.2, -0.15) is 0 Å². The Morgan fingerprint density at radius 3 is 2.44 bits per heavy atom. The van der Waals surface area contributed by atoms with Crippen LogP contribution in [0.3, 0.4) is 0 Å². The minimum absolute atomic E-state index is 0.0346. The van der Waals surface area contributed by atoms with Crippen LogP contribution >= 0.6 is 0 Å². The van der Waals surface area contributed by atoms with Gasteiger partial charge in [-0.05, 0) is 37.1 Å². The van der Waals surface area contributed by atoms with E-state index in [-0.39, 0.29) is 18.2 Å². The van der Waals surface area contributed by atoms with Gasteiger partial charge in [0, 0.05) is 5.56 Å². The summed E-state index contributed by atoms with van der Waals surface area (Å²) < 4.78 is 32.5. The second-order valence-electron chi connectivity index (χ2n) is 5.87. The van der Waals surface area contributed by atoms with Gasteiger partial charge in [-0.1, -0.05) is 42.0 Å². The summed E-state index contributed by atoms with van der Waals surface area (Å²) in [6, 6.07) is 15.1. The number of nitrogens with zero attached hydrogens (tertiary/aromatic N) is 2. The molecule has 0 radical (unpaired) electrons. The molecule has 3 aromatic rings. The molecule has 1 heterocycles. The van der Waals surface area contributed by atoms with Gasteiger partial charge >= 0.3 is 0 Å². The van der Waals surface area contributed by atoms with E-state index in [0.29, 0.717) is 5.89 Å². The molecule has 0 bridgehead atoms. The Balaban J connectivity index is 1.65. The van der Waals surface area contributed by atoms with Crippen molar-refractivity contribution in [3.63, 3.8) is 0 Å². The summed E-state index contributed by atoms with van der Waals surface area (Å²) in [6.45, 7) is 3.84. The van der Waals surface area contributed by atoms with E-state index in [1.54, 1.807) is 6.07 Å². The molecule has 0 aliphatic rings. The predicted molar refractivity (Wildman–Crippen MR) is 95.1 cm³/mol. The van der Waals surface area contributed by atoms with Gasteiger partial charge in [-0.25, -0.2) is 13.1 Å². The van der Waals surface area contributed by atoms with Gasteiger partial charge in [-0.15, -0.1) is 10.2 Å². The summed E-state index contributed by atoms with van der Waals surface area (Å²) in [5, 5.41) is 7.86. The van der Waals surface area contributed by atoms with Crippen molar-refractivity contribution in [1.29, 1.82) is 0 Å². The molecule has 0 atom stereocenters. The lowest BCUT2D eigenvalue weighted by Crippen LogP contribution is -2.25. The highest BCUT2D eigenvalue weighted by Gasteiger charge is 2.15. The quantitative estimate of drug-likeness (QED) is 0.733. The zero-order chi connectivity index (χ0) is 17.9. The first-order valence-electron chi connectivity index (χ1n) is 7.84. The summed E-state index contributed by atoms with van der Waals surface area (Å²) in [7, 11) is -3.49. The van der Waals surface area contributed by atoms with Crippen molar-refractivity contribution in [2.24, 2.45) is 0 Å². The molecule has 6 nitrogen and oxygen atoms in total. The molecule has 0 saturated carbocycles. The molecule has 25 heavy (non-hydrogen) atoms. The number of aryl methyl sites for hydroxylation is 2. The van der Waals surface area contributed by atoms with E-state index in [4.69, 9.17) is 4.42 Å². The average molecular weight is 357 g/mol. The highest BCUT2D eigenvalue weighted by molar-refractivity contribution is 7.88. The maximum Gasteiger partial charge on any atom is 0.247 e. The van der Waals surface area contributed by atoms with Crippen molar-refractivity contribution in [2.45, 2.75) is 26.1 Å². The molecule has 2 aromatic carbocycles. The van der Waals surface area contributed by atoms with E-state index in [2.05, 4.69) is 14.9 Å². The third kappa shape index (κ3) is 4.52. The van der Waals surface area contributed by atoms with Crippen molar-refractivity contribution in [3.8, 4) is 11.5 Å². The van der Waals surface area contributed by atoms with E-state index >= 15 is 0 Å². The molecule has 7 heteroatoms. The molecule has 3 rings (SSSR count). The van der Waals surface area contributed by atoms with E-state index in [1.165, 1.54) is 0 Å². The van der Waals surface area contributed by atoms with Gasteiger partial charge in [0.15, 0.2) is 0 Å². The number of sulfonamides is 1. The number of aromatic nitrogens is 2. The Kier molecular flexibility index (Phi) is 4.96. The van der Waals surface area contributed by atoms with E-state index in [0.717, 1.165) is 22.3 Å². The second kappa shape index (κ2) is 7.16. The van der Waals surface area contributed by atoms with Crippen LogP contribution in [-0.4, -0.2) is 18.6 Å². The van der Waals surface area contributed by atoms with Crippen LogP contribution in [0.25, 0.3) is 11.5 Å². The van der Waals surface area contributed by atoms with Crippen LogP contribution in [0.5, 0.6) is 0 Å². The smallest absolute Gasteiger partial charge is 0.247 e. The van der Waals surface area contributed by atoms with Crippen molar-refractivity contribution in [3.05, 3.63) is 71.1 Å². The molecule has 1 aromatic heterocycles. The van der Waals surface area contributed by atoms with Crippen LogP contribution in [0.1, 0.15) is 22.6 Å². The Hall–Kier alpha value is -2.51. The lowest BCUT2D eigenvalue weighted by molar-refractivity contribution is 0.494. The molecule has 0 unspecified atom stereocenters. The van der Waals surface area contributed by atoms with Gasteiger partial charge in [-0.3, -0.25) is 0 Å². The van der Waals surface area contributed by atoms with Crippen LogP contribution in [0, 0.1) is 13.8 Å². The molecule has 0 amide bonds. The van der Waals surface area contributed by atoms with Gasteiger partial charge in [0.2, 0.25) is 21.8 Å². The highest BCUT2D eigenvalue weighted by Crippen LogP contribution is 2.18. The van der Waals surface area contributed by atoms with E-state index < -0.39 is 10.0 Å². The third-order valence-electron chi connectivity index (χ3n) is 3.82. The zero-order valence-corrected chi connectivity index (χ0v) is 14.9. The van der Waals surface area contributed by atoms with Crippen LogP contribution in [0.15, 0.2) is 52.9 Å². The molecule has 0 saturated heterocycles. The summed E-state index contributed by atoms with van der Waals surface area (Å²) in [4.78, 5) is 0. The van der Waals surface area contributed by atoms with Crippen LogP contribution in [0.4, 0.5) is 0 Å². The first-order chi connectivity index (χ1) is 11.9. The van der Waals surface area contributed by atoms with Crippen molar-refractivity contribution < 1.29 is 12.8 Å². The molecular weight excluding hydrogens is 338 g/mol.